The van der Waals surface area contributed by atoms with Crippen molar-refractivity contribution in [3.05, 3.63) is 52.8 Å². The first kappa shape index (κ1) is 18.1. The topological polar surface area (TPSA) is 66.4 Å². The van der Waals surface area contributed by atoms with Crippen LogP contribution in [0.15, 0.2) is 30.5 Å². The lowest BCUT2D eigenvalue weighted by Crippen LogP contribution is -2.35. The molecule has 7 heteroatoms. The lowest BCUT2D eigenvalue weighted by Gasteiger charge is -2.27. The second kappa shape index (κ2) is 6.81. The fourth-order valence-electron chi connectivity index (χ4n) is 4.87. The maximum Gasteiger partial charge on any atom is 0.225 e. The molecule has 3 aliphatic heterocycles. The molecule has 1 aromatic carbocycles. The third-order valence-electron chi connectivity index (χ3n) is 6.44. The molecule has 0 bridgehead atoms. The van der Waals surface area contributed by atoms with Gasteiger partial charge in [-0.2, -0.15) is 0 Å². The number of rotatable bonds is 3. The first-order valence-corrected chi connectivity index (χ1v) is 11.8. The average molecular weight is 399 g/mol. The van der Waals surface area contributed by atoms with Gasteiger partial charge in [-0.05, 0) is 30.9 Å². The van der Waals surface area contributed by atoms with Gasteiger partial charge in [0.05, 0.1) is 16.7 Å². The average Bonchev–Trinajstić information content (AvgIpc) is 3.34. The number of aromatic nitrogens is 2. The third kappa shape index (κ3) is 3.10. The molecule has 2 atom stereocenters. The fourth-order valence-corrected chi connectivity index (χ4v) is 6.90. The highest BCUT2D eigenvalue weighted by atomic mass is 32.2. The van der Waals surface area contributed by atoms with E-state index in [0.717, 1.165) is 43.4 Å². The van der Waals surface area contributed by atoms with E-state index >= 15 is 0 Å². The summed E-state index contributed by atoms with van der Waals surface area (Å²) >= 11 is 0. The molecule has 0 spiro atoms. The van der Waals surface area contributed by atoms with Crippen molar-refractivity contribution in [3.63, 3.8) is 0 Å². The van der Waals surface area contributed by atoms with Gasteiger partial charge in [0.15, 0.2) is 9.84 Å². The molecule has 148 valence electrons. The zero-order valence-electron chi connectivity index (χ0n) is 16.2. The van der Waals surface area contributed by atoms with Crippen molar-refractivity contribution in [2.24, 2.45) is 0 Å². The summed E-state index contributed by atoms with van der Waals surface area (Å²) in [5, 5.41) is -0.356. The number of fused-ring (bicyclic) bond motifs is 3. The van der Waals surface area contributed by atoms with Crippen LogP contribution in [0.5, 0.6) is 0 Å². The molecule has 1 aromatic heterocycles. The van der Waals surface area contributed by atoms with Gasteiger partial charge in [-0.15, -0.1) is 0 Å². The van der Waals surface area contributed by atoms with E-state index in [2.05, 4.69) is 33.8 Å². The van der Waals surface area contributed by atoms with E-state index in [1.54, 1.807) is 6.20 Å². The molecule has 2 aromatic rings. The minimum atomic E-state index is -3.18. The molecule has 4 heterocycles. The van der Waals surface area contributed by atoms with Gasteiger partial charge in [-0.3, -0.25) is 4.90 Å². The Kier molecular flexibility index (Phi) is 4.39. The molecule has 0 aliphatic carbocycles. The summed E-state index contributed by atoms with van der Waals surface area (Å²) < 4.78 is 25.9. The zero-order valence-corrected chi connectivity index (χ0v) is 17.0. The minimum absolute atomic E-state index is 0.0536. The van der Waals surface area contributed by atoms with Gasteiger partial charge in [-0.1, -0.05) is 24.3 Å². The third-order valence-corrected chi connectivity index (χ3v) is 8.55. The predicted octanol–water partition coefficient (Wildman–Crippen LogP) is 2.28. The minimum Gasteiger partial charge on any atom is -0.341 e. The van der Waals surface area contributed by atoms with Crippen LogP contribution in [-0.4, -0.2) is 54.7 Å². The number of hydrogen-bond donors (Lipinski definition) is 0. The molecule has 0 amide bonds. The molecule has 0 radical (unpaired) electrons. The van der Waals surface area contributed by atoms with Crippen molar-refractivity contribution in [2.75, 3.05) is 31.1 Å². The standard InChI is InChI=1S/C21H26N4O2S/c1-15-6-2-3-7-16(15)11-24-12-18-19(13-24)28(26,27)14-17-10-22-21(23-20(17)18)25-8-4-5-9-25/h2-3,6-7,10,18-19H,4-5,8-9,11-14H2,1H3/t18-,19+/m0/s1. The van der Waals surface area contributed by atoms with Gasteiger partial charge in [0, 0.05) is 50.4 Å². The maximum atomic E-state index is 12.9. The summed E-state index contributed by atoms with van der Waals surface area (Å²) in [5.41, 5.74) is 4.27. The monoisotopic (exact) mass is 398 g/mol. The number of sulfone groups is 1. The summed E-state index contributed by atoms with van der Waals surface area (Å²) in [7, 11) is -3.18. The fraction of sp³-hybridized carbons (Fsp3) is 0.524. The van der Waals surface area contributed by atoms with Crippen molar-refractivity contribution in [1.29, 1.82) is 0 Å². The molecule has 2 fully saturated rings. The molecule has 28 heavy (non-hydrogen) atoms. The van der Waals surface area contributed by atoms with Crippen molar-refractivity contribution >= 4 is 15.8 Å². The van der Waals surface area contributed by atoms with Crippen molar-refractivity contribution < 1.29 is 8.42 Å². The Bertz CT molecular complexity index is 1000. The summed E-state index contributed by atoms with van der Waals surface area (Å²) in [6.45, 7) is 6.20. The van der Waals surface area contributed by atoms with Gasteiger partial charge in [0.25, 0.3) is 0 Å². The molecule has 6 nitrogen and oxygen atoms in total. The van der Waals surface area contributed by atoms with Crippen LogP contribution in [0.2, 0.25) is 0 Å². The number of benzene rings is 1. The van der Waals surface area contributed by atoms with Gasteiger partial charge >= 0.3 is 0 Å². The van der Waals surface area contributed by atoms with Crippen LogP contribution in [-0.2, 0) is 22.1 Å². The molecular formula is C21H26N4O2S. The lowest BCUT2D eigenvalue weighted by atomic mass is 10.00. The number of aryl methyl sites for hydroxylation is 1. The second-order valence-corrected chi connectivity index (χ2v) is 10.6. The van der Waals surface area contributed by atoms with E-state index < -0.39 is 9.84 Å². The van der Waals surface area contributed by atoms with Gasteiger partial charge < -0.3 is 4.90 Å². The Morgan fingerprint density at radius 2 is 1.93 bits per heavy atom. The molecule has 0 saturated carbocycles. The molecule has 0 unspecified atom stereocenters. The number of nitrogens with zero attached hydrogens (tertiary/aromatic N) is 4. The highest BCUT2D eigenvalue weighted by Crippen LogP contribution is 2.40. The molecular weight excluding hydrogens is 372 g/mol. The Balaban J connectivity index is 1.46. The number of likely N-dealkylation sites (tertiary alicyclic amines) is 1. The molecule has 3 aliphatic rings. The van der Waals surface area contributed by atoms with Gasteiger partial charge in [0.2, 0.25) is 5.95 Å². The van der Waals surface area contributed by atoms with E-state index in [-0.39, 0.29) is 16.9 Å². The summed E-state index contributed by atoms with van der Waals surface area (Å²) in [6, 6.07) is 8.33. The maximum absolute atomic E-state index is 12.9. The number of hydrogen-bond acceptors (Lipinski definition) is 6. The SMILES string of the molecule is Cc1ccccc1CN1C[C@@H]2c3nc(N4CCCC4)ncc3CS(=O)(=O)[C@@H]2C1. The molecule has 0 N–H and O–H groups in total. The number of anilines is 1. The van der Waals surface area contributed by atoms with Crippen molar-refractivity contribution in [1.82, 2.24) is 14.9 Å². The van der Waals surface area contributed by atoms with Crippen LogP contribution in [0.4, 0.5) is 5.95 Å². The van der Waals surface area contributed by atoms with Crippen molar-refractivity contribution in [2.45, 2.75) is 43.2 Å². The molecule has 5 rings (SSSR count). The zero-order chi connectivity index (χ0) is 19.3. The Morgan fingerprint density at radius 3 is 2.71 bits per heavy atom. The normalized spacial score (nSPS) is 26.2. The van der Waals surface area contributed by atoms with E-state index in [1.165, 1.54) is 24.0 Å². The highest BCUT2D eigenvalue weighted by molar-refractivity contribution is 7.91. The highest BCUT2D eigenvalue weighted by Gasteiger charge is 2.47. The Labute approximate surface area is 166 Å². The van der Waals surface area contributed by atoms with Crippen LogP contribution < -0.4 is 4.90 Å². The van der Waals surface area contributed by atoms with Crippen LogP contribution >= 0.6 is 0 Å². The van der Waals surface area contributed by atoms with Crippen LogP contribution in [0.3, 0.4) is 0 Å². The Hall–Kier alpha value is -1.99. The van der Waals surface area contributed by atoms with E-state index in [0.29, 0.717) is 6.54 Å². The first-order chi connectivity index (χ1) is 13.5. The summed E-state index contributed by atoms with van der Waals surface area (Å²) in [4.78, 5) is 13.9. The Morgan fingerprint density at radius 1 is 1.14 bits per heavy atom. The summed E-state index contributed by atoms with van der Waals surface area (Å²) in [6.07, 6.45) is 4.10. The van der Waals surface area contributed by atoms with Gasteiger partial charge in [-0.25, -0.2) is 18.4 Å². The van der Waals surface area contributed by atoms with Gasteiger partial charge in [0.1, 0.15) is 0 Å². The van der Waals surface area contributed by atoms with Crippen LogP contribution in [0.25, 0.3) is 0 Å². The largest absolute Gasteiger partial charge is 0.341 e. The predicted molar refractivity (Wildman–Crippen MR) is 109 cm³/mol. The van der Waals surface area contributed by atoms with Crippen LogP contribution in [0.1, 0.15) is 41.1 Å². The summed E-state index contributed by atoms with van der Waals surface area (Å²) in [5.74, 6) is 0.788. The van der Waals surface area contributed by atoms with E-state index in [4.69, 9.17) is 4.98 Å². The van der Waals surface area contributed by atoms with E-state index in [1.807, 2.05) is 12.1 Å². The quantitative estimate of drug-likeness (QED) is 0.790. The van der Waals surface area contributed by atoms with E-state index in [9.17, 15) is 8.42 Å². The molecule has 2 saturated heterocycles. The lowest BCUT2D eigenvalue weighted by molar-refractivity contribution is 0.326. The van der Waals surface area contributed by atoms with Crippen molar-refractivity contribution in [3.8, 4) is 0 Å². The first-order valence-electron chi connectivity index (χ1n) is 10.1. The smallest absolute Gasteiger partial charge is 0.225 e. The van der Waals surface area contributed by atoms with Crippen LogP contribution in [0, 0.1) is 6.92 Å². The second-order valence-electron chi connectivity index (χ2n) is 8.35.